The van der Waals surface area contributed by atoms with Gasteiger partial charge in [0.1, 0.15) is 12.1 Å². The van der Waals surface area contributed by atoms with E-state index in [4.69, 9.17) is 10.7 Å². The SMILES string of the molecule is CC(=O)c1c(C2CC3CC[C@H](C2)N3C(=O)c2ncn[nH]2)nc2c(-c3ccc(C(C)O)cc3)cnn2c1N. The van der Waals surface area contributed by atoms with E-state index in [1.54, 1.807) is 13.1 Å². The van der Waals surface area contributed by atoms with Crippen LogP contribution in [-0.2, 0) is 0 Å². The molecule has 5 heterocycles. The molecule has 11 heteroatoms. The van der Waals surface area contributed by atoms with Crippen LogP contribution in [-0.4, -0.2) is 63.6 Å². The van der Waals surface area contributed by atoms with Crippen molar-refractivity contribution in [3.63, 3.8) is 0 Å². The number of aromatic nitrogens is 6. The Morgan fingerprint density at radius 2 is 1.86 bits per heavy atom. The van der Waals surface area contributed by atoms with Crippen LogP contribution in [0, 0.1) is 0 Å². The summed E-state index contributed by atoms with van der Waals surface area (Å²) in [5, 5.41) is 20.8. The van der Waals surface area contributed by atoms with E-state index in [0.717, 1.165) is 29.5 Å². The molecule has 4 N–H and O–H groups in total. The molecule has 0 spiro atoms. The second-order valence-corrected chi connectivity index (χ2v) is 10.0. The number of benzene rings is 1. The van der Waals surface area contributed by atoms with Crippen LogP contribution in [0.5, 0.6) is 0 Å². The first-order valence-electron chi connectivity index (χ1n) is 12.5. The van der Waals surface area contributed by atoms with E-state index in [-0.39, 0.29) is 41.3 Å². The molecule has 1 amide bonds. The Balaban J connectivity index is 1.40. The fourth-order valence-corrected chi connectivity index (χ4v) is 6.00. The number of hydrogen-bond donors (Lipinski definition) is 3. The number of carbonyl (C=O) groups is 2. The lowest BCUT2D eigenvalue weighted by atomic mass is 9.85. The van der Waals surface area contributed by atoms with Gasteiger partial charge < -0.3 is 15.7 Å². The number of amides is 1. The quantitative estimate of drug-likeness (QED) is 0.353. The van der Waals surface area contributed by atoms with Crippen LogP contribution in [0.4, 0.5) is 5.82 Å². The van der Waals surface area contributed by atoms with Crippen molar-refractivity contribution in [2.75, 3.05) is 5.73 Å². The van der Waals surface area contributed by atoms with Gasteiger partial charge in [0.05, 0.1) is 23.6 Å². The molecule has 2 bridgehead atoms. The molecule has 0 aliphatic carbocycles. The van der Waals surface area contributed by atoms with Crippen molar-refractivity contribution in [2.45, 2.75) is 63.6 Å². The molecule has 190 valence electrons. The largest absolute Gasteiger partial charge is 0.389 e. The van der Waals surface area contributed by atoms with Gasteiger partial charge in [-0.25, -0.2) is 9.97 Å². The number of Topliss-reactive ketones (excluding diaryl/α,β-unsaturated/α-hetero) is 1. The van der Waals surface area contributed by atoms with Gasteiger partial charge in [0.15, 0.2) is 11.4 Å². The molecule has 6 rings (SSSR count). The number of rotatable bonds is 5. The van der Waals surface area contributed by atoms with E-state index >= 15 is 0 Å². The molecule has 4 aromatic rings. The van der Waals surface area contributed by atoms with Gasteiger partial charge in [-0.3, -0.25) is 14.7 Å². The molecule has 11 nitrogen and oxygen atoms in total. The van der Waals surface area contributed by atoms with Gasteiger partial charge in [0, 0.05) is 23.6 Å². The Kier molecular flexibility index (Phi) is 5.52. The van der Waals surface area contributed by atoms with Gasteiger partial charge >= 0.3 is 0 Å². The maximum absolute atomic E-state index is 13.1. The number of nitrogen functional groups attached to an aromatic ring is 1. The van der Waals surface area contributed by atoms with E-state index in [1.165, 1.54) is 17.8 Å². The fraction of sp³-hybridized carbons (Fsp3) is 0.385. The molecule has 37 heavy (non-hydrogen) atoms. The second kappa shape index (κ2) is 8.77. The summed E-state index contributed by atoms with van der Waals surface area (Å²) in [6, 6.07) is 7.63. The highest BCUT2D eigenvalue weighted by Gasteiger charge is 2.45. The Hall–Kier alpha value is -4.12. The molecule has 0 saturated carbocycles. The molecule has 1 aromatic carbocycles. The summed E-state index contributed by atoms with van der Waals surface area (Å²) in [5.74, 6) is 0.188. The lowest BCUT2D eigenvalue weighted by Gasteiger charge is -2.38. The summed E-state index contributed by atoms with van der Waals surface area (Å²) < 4.78 is 1.52. The van der Waals surface area contributed by atoms with Gasteiger partial charge in [-0.15, -0.1) is 0 Å². The van der Waals surface area contributed by atoms with Crippen molar-refractivity contribution < 1.29 is 14.7 Å². The molecule has 2 saturated heterocycles. The van der Waals surface area contributed by atoms with Gasteiger partial charge in [-0.1, -0.05) is 24.3 Å². The van der Waals surface area contributed by atoms with Crippen molar-refractivity contribution in [1.29, 1.82) is 0 Å². The highest BCUT2D eigenvalue weighted by atomic mass is 16.3. The minimum atomic E-state index is -0.561. The predicted octanol–water partition coefficient (Wildman–Crippen LogP) is 2.90. The molecule has 3 aromatic heterocycles. The summed E-state index contributed by atoms with van der Waals surface area (Å²) in [6.45, 7) is 3.22. The van der Waals surface area contributed by atoms with Gasteiger partial charge in [0.25, 0.3) is 5.91 Å². The van der Waals surface area contributed by atoms with Gasteiger partial charge in [-0.2, -0.15) is 14.7 Å². The number of nitrogens with two attached hydrogens (primary N) is 1. The Morgan fingerprint density at radius 3 is 2.46 bits per heavy atom. The number of ketones is 1. The standard InChI is InChI=1S/C26H28N8O3/c1-13(35)15-3-5-16(6-4-15)20-11-30-34-23(27)21(14(2)36)22(31-25(20)34)17-9-18-7-8-19(10-17)33(18)26(37)24-28-12-29-32-24/h3-6,11-13,17-19,35H,7-10,27H2,1-2H3,(H,28,29,32)/t13?,17?,18-,19?/m1/s1. The third-order valence-corrected chi connectivity index (χ3v) is 7.74. The molecule has 4 atom stereocenters. The summed E-state index contributed by atoms with van der Waals surface area (Å²) in [4.78, 5) is 36.8. The van der Waals surface area contributed by atoms with E-state index in [2.05, 4.69) is 20.3 Å². The molecule has 2 aliphatic heterocycles. The molecular weight excluding hydrogens is 472 g/mol. The maximum atomic E-state index is 13.1. The highest BCUT2D eigenvalue weighted by Crippen LogP contribution is 2.45. The lowest BCUT2D eigenvalue weighted by molar-refractivity contribution is 0.0556. The van der Waals surface area contributed by atoms with Crippen molar-refractivity contribution in [1.82, 2.24) is 34.7 Å². The topological polar surface area (TPSA) is 155 Å². The summed E-state index contributed by atoms with van der Waals surface area (Å²) >= 11 is 0. The number of nitrogens with one attached hydrogen (secondary N) is 1. The number of aliphatic hydroxyl groups is 1. The summed E-state index contributed by atoms with van der Waals surface area (Å²) in [5.41, 5.74) is 10.7. The Morgan fingerprint density at radius 1 is 1.16 bits per heavy atom. The van der Waals surface area contributed by atoms with E-state index in [1.807, 2.05) is 29.2 Å². The zero-order valence-electron chi connectivity index (χ0n) is 20.6. The zero-order chi connectivity index (χ0) is 25.8. The number of aliphatic hydroxyl groups excluding tert-OH is 1. The number of piperidine rings is 1. The van der Waals surface area contributed by atoms with Crippen LogP contribution in [0.15, 0.2) is 36.8 Å². The number of nitrogens with zero attached hydrogens (tertiary/aromatic N) is 6. The normalized spacial score (nSPS) is 21.9. The average molecular weight is 501 g/mol. The van der Waals surface area contributed by atoms with Crippen LogP contribution in [0.1, 0.15) is 83.8 Å². The molecule has 3 unspecified atom stereocenters. The number of aromatic amines is 1. The Bertz CT molecular complexity index is 1480. The summed E-state index contributed by atoms with van der Waals surface area (Å²) in [6.07, 6.45) is 5.63. The molecule has 0 radical (unpaired) electrons. The number of hydrogen-bond acceptors (Lipinski definition) is 8. The van der Waals surface area contributed by atoms with E-state index < -0.39 is 6.10 Å². The van der Waals surface area contributed by atoms with Gasteiger partial charge in [0.2, 0.25) is 5.82 Å². The van der Waals surface area contributed by atoms with Crippen molar-refractivity contribution >= 4 is 23.2 Å². The van der Waals surface area contributed by atoms with Crippen molar-refractivity contribution in [2.24, 2.45) is 0 Å². The first-order chi connectivity index (χ1) is 17.8. The predicted molar refractivity (Wildman–Crippen MR) is 135 cm³/mol. The van der Waals surface area contributed by atoms with E-state index in [0.29, 0.717) is 29.7 Å². The molecular formula is C26H28N8O3. The molecule has 2 aliphatic rings. The first kappa shape index (κ1) is 23.3. The first-order valence-corrected chi connectivity index (χ1v) is 12.5. The molecule has 2 fully saturated rings. The fourth-order valence-electron chi connectivity index (χ4n) is 6.00. The third-order valence-electron chi connectivity index (χ3n) is 7.74. The number of fused-ring (bicyclic) bond motifs is 3. The van der Waals surface area contributed by atoms with Crippen LogP contribution in [0.2, 0.25) is 0 Å². The number of carbonyl (C=O) groups excluding carboxylic acids is 2. The van der Waals surface area contributed by atoms with Crippen LogP contribution < -0.4 is 5.73 Å². The van der Waals surface area contributed by atoms with Crippen molar-refractivity contribution in [3.05, 3.63) is 59.4 Å². The highest BCUT2D eigenvalue weighted by molar-refractivity contribution is 6.00. The zero-order valence-corrected chi connectivity index (χ0v) is 20.6. The number of anilines is 1. The van der Waals surface area contributed by atoms with Gasteiger partial charge in [-0.05, 0) is 50.7 Å². The average Bonchev–Trinajstić information content (AvgIpc) is 3.62. The van der Waals surface area contributed by atoms with Crippen LogP contribution in [0.25, 0.3) is 16.8 Å². The summed E-state index contributed by atoms with van der Waals surface area (Å²) in [7, 11) is 0. The van der Waals surface area contributed by atoms with E-state index in [9.17, 15) is 14.7 Å². The second-order valence-electron chi connectivity index (χ2n) is 10.0. The maximum Gasteiger partial charge on any atom is 0.291 e. The van der Waals surface area contributed by atoms with Crippen LogP contribution >= 0.6 is 0 Å². The third kappa shape index (κ3) is 3.77. The van der Waals surface area contributed by atoms with Crippen LogP contribution in [0.3, 0.4) is 0 Å². The monoisotopic (exact) mass is 500 g/mol. The minimum absolute atomic E-state index is 0.0251. The smallest absolute Gasteiger partial charge is 0.291 e. The minimum Gasteiger partial charge on any atom is -0.389 e. The Labute approximate surface area is 212 Å². The van der Waals surface area contributed by atoms with Crippen molar-refractivity contribution in [3.8, 4) is 11.1 Å². The lowest BCUT2D eigenvalue weighted by Crippen LogP contribution is -2.46. The number of H-pyrrole nitrogens is 1.